The van der Waals surface area contributed by atoms with E-state index in [0.29, 0.717) is 16.9 Å². The number of carbonyl (C=O) groups excluding carboxylic acids is 2. The normalized spacial score (nSPS) is 11.7. The van der Waals surface area contributed by atoms with Crippen LogP contribution < -0.4 is 16.0 Å². The summed E-state index contributed by atoms with van der Waals surface area (Å²) in [6, 6.07) is 21.8. The van der Waals surface area contributed by atoms with Crippen LogP contribution in [0.3, 0.4) is 0 Å². The highest BCUT2D eigenvalue weighted by molar-refractivity contribution is 5.99. The zero-order chi connectivity index (χ0) is 21.3. The van der Waals surface area contributed by atoms with Crippen molar-refractivity contribution in [3.05, 3.63) is 102 Å². The SMILES string of the molecule is CC(NC(=O)C=Cc1cccc(F)c1)c1ccc(NC(=O)Nc2ccccc2)cc1. The van der Waals surface area contributed by atoms with Crippen LogP contribution in [0.5, 0.6) is 0 Å². The Kier molecular flexibility index (Phi) is 6.95. The Balaban J connectivity index is 1.52. The van der Waals surface area contributed by atoms with Gasteiger partial charge in [0.15, 0.2) is 0 Å². The topological polar surface area (TPSA) is 70.2 Å². The smallest absolute Gasteiger partial charge is 0.323 e. The highest BCUT2D eigenvalue weighted by atomic mass is 19.1. The molecule has 0 bridgehead atoms. The second-order valence-corrected chi connectivity index (χ2v) is 6.69. The summed E-state index contributed by atoms with van der Waals surface area (Å²) in [5, 5.41) is 8.36. The van der Waals surface area contributed by atoms with Crippen molar-refractivity contribution in [1.29, 1.82) is 0 Å². The second-order valence-electron chi connectivity index (χ2n) is 6.69. The number of carbonyl (C=O) groups is 2. The first-order chi connectivity index (χ1) is 14.5. The van der Waals surface area contributed by atoms with Gasteiger partial charge in [0.1, 0.15) is 5.82 Å². The van der Waals surface area contributed by atoms with E-state index in [-0.39, 0.29) is 23.8 Å². The minimum atomic E-state index is -0.350. The minimum absolute atomic E-state index is 0.234. The molecule has 152 valence electrons. The largest absolute Gasteiger partial charge is 0.346 e. The van der Waals surface area contributed by atoms with E-state index in [1.807, 2.05) is 37.3 Å². The quantitative estimate of drug-likeness (QED) is 0.485. The number of amides is 3. The Morgan fingerprint density at radius 2 is 1.53 bits per heavy atom. The van der Waals surface area contributed by atoms with E-state index in [2.05, 4.69) is 16.0 Å². The van der Waals surface area contributed by atoms with Crippen LogP contribution in [0.25, 0.3) is 6.08 Å². The third-order valence-electron chi connectivity index (χ3n) is 4.33. The van der Waals surface area contributed by atoms with Crippen molar-refractivity contribution in [2.75, 3.05) is 10.6 Å². The predicted octanol–water partition coefficient (Wildman–Crippen LogP) is 5.36. The molecular formula is C24H22FN3O2. The number of para-hydroxylation sites is 1. The zero-order valence-electron chi connectivity index (χ0n) is 16.4. The van der Waals surface area contributed by atoms with Crippen LogP contribution in [0.2, 0.25) is 0 Å². The Morgan fingerprint density at radius 1 is 0.867 bits per heavy atom. The van der Waals surface area contributed by atoms with Gasteiger partial charge in [0, 0.05) is 17.5 Å². The highest BCUT2D eigenvalue weighted by Gasteiger charge is 2.08. The number of benzene rings is 3. The molecule has 0 aliphatic carbocycles. The highest BCUT2D eigenvalue weighted by Crippen LogP contribution is 2.17. The van der Waals surface area contributed by atoms with E-state index >= 15 is 0 Å². The molecule has 0 aliphatic heterocycles. The van der Waals surface area contributed by atoms with Gasteiger partial charge in [-0.15, -0.1) is 0 Å². The summed E-state index contributed by atoms with van der Waals surface area (Å²) < 4.78 is 13.2. The lowest BCUT2D eigenvalue weighted by atomic mass is 10.1. The van der Waals surface area contributed by atoms with Gasteiger partial charge in [0.25, 0.3) is 0 Å². The van der Waals surface area contributed by atoms with Gasteiger partial charge < -0.3 is 16.0 Å². The van der Waals surface area contributed by atoms with Crippen molar-refractivity contribution in [3.63, 3.8) is 0 Å². The fourth-order valence-corrected chi connectivity index (χ4v) is 2.80. The van der Waals surface area contributed by atoms with Crippen LogP contribution in [-0.2, 0) is 4.79 Å². The average molecular weight is 403 g/mol. The first-order valence-corrected chi connectivity index (χ1v) is 9.47. The molecule has 0 radical (unpaired) electrons. The summed E-state index contributed by atoms with van der Waals surface area (Å²) in [5.74, 6) is -0.631. The summed E-state index contributed by atoms with van der Waals surface area (Å²) in [5.41, 5.74) is 2.84. The lowest BCUT2D eigenvalue weighted by Gasteiger charge is -2.14. The van der Waals surface area contributed by atoms with Crippen molar-refractivity contribution in [1.82, 2.24) is 5.32 Å². The molecule has 0 saturated carbocycles. The monoisotopic (exact) mass is 403 g/mol. The third-order valence-corrected chi connectivity index (χ3v) is 4.33. The molecule has 0 spiro atoms. The maximum Gasteiger partial charge on any atom is 0.323 e. The molecule has 1 atom stereocenters. The van der Waals surface area contributed by atoms with E-state index in [1.54, 1.807) is 42.5 Å². The van der Waals surface area contributed by atoms with Crippen molar-refractivity contribution < 1.29 is 14.0 Å². The maximum absolute atomic E-state index is 13.2. The summed E-state index contributed by atoms with van der Waals surface area (Å²) >= 11 is 0. The lowest BCUT2D eigenvalue weighted by molar-refractivity contribution is -0.117. The Hall–Kier alpha value is -3.93. The second kappa shape index (κ2) is 10.0. The van der Waals surface area contributed by atoms with Gasteiger partial charge in [-0.2, -0.15) is 0 Å². The van der Waals surface area contributed by atoms with Crippen LogP contribution >= 0.6 is 0 Å². The average Bonchev–Trinajstić information content (AvgIpc) is 2.73. The molecule has 3 amide bonds. The Bertz CT molecular complexity index is 1030. The summed E-state index contributed by atoms with van der Waals surface area (Å²) in [6.45, 7) is 1.86. The van der Waals surface area contributed by atoms with Gasteiger partial charge in [0.05, 0.1) is 6.04 Å². The number of anilines is 2. The summed E-state index contributed by atoms with van der Waals surface area (Å²) in [6.07, 6.45) is 2.93. The van der Waals surface area contributed by atoms with Crippen LogP contribution in [0, 0.1) is 5.82 Å². The van der Waals surface area contributed by atoms with Gasteiger partial charge in [-0.25, -0.2) is 9.18 Å². The molecule has 0 aromatic heterocycles. The summed E-state index contributed by atoms with van der Waals surface area (Å²) in [7, 11) is 0. The molecule has 30 heavy (non-hydrogen) atoms. The van der Waals surface area contributed by atoms with Crippen LogP contribution in [0.4, 0.5) is 20.6 Å². The van der Waals surface area contributed by atoms with Gasteiger partial charge >= 0.3 is 6.03 Å². The molecule has 0 saturated heterocycles. The standard InChI is InChI=1S/C24H22FN3O2/c1-17(26-23(29)15-10-18-6-5-7-20(25)16-18)19-11-13-22(14-12-19)28-24(30)27-21-8-3-2-4-9-21/h2-17H,1H3,(H,26,29)(H2,27,28,30). The molecule has 5 nitrogen and oxygen atoms in total. The zero-order valence-corrected chi connectivity index (χ0v) is 16.4. The fourth-order valence-electron chi connectivity index (χ4n) is 2.80. The fraction of sp³-hybridized carbons (Fsp3) is 0.0833. The van der Waals surface area contributed by atoms with Crippen LogP contribution in [-0.4, -0.2) is 11.9 Å². The predicted molar refractivity (Wildman–Crippen MR) is 118 cm³/mol. The molecule has 3 aromatic carbocycles. The van der Waals surface area contributed by atoms with Gasteiger partial charge in [0.2, 0.25) is 5.91 Å². The van der Waals surface area contributed by atoms with Gasteiger partial charge in [-0.05, 0) is 60.5 Å². The number of halogens is 1. The number of urea groups is 1. The number of hydrogen-bond acceptors (Lipinski definition) is 2. The Labute approximate surface area is 174 Å². The third kappa shape index (κ3) is 6.31. The molecule has 3 N–H and O–H groups in total. The van der Waals surface area contributed by atoms with E-state index < -0.39 is 0 Å². The number of hydrogen-bond donors (Lipinski definition) is 3. The minimum Gasteiger partial charge on any atom is -0.346 e. The first kappa shape index (κ1) is 20.8. The van der Waals surface area contributed by atoms with Crippen molar-refractivity contribution in [2.24, 2.45) is 0 Å². The number of rotatable bonds is 6. The molecule has 0 aliphatic rings. The molecule has 0 heterocycles. The number of nitrogens with one attached hydrogen (secondary N) is 3. The molecular weight excluding hydrogens is 381 g/mol. The van der Waals surface area contributed by atoms with Gasteiger partial charge in [-0.3, -0.25) is 4.79 Å². The van der Waals surface area contributed by atoms with Crippen LogP contribution in [0.1, 0.15) is 24.1 Å². The molecule has 3 aromatic rings. The Morgan fingerprint density at radius 3 is 2.20 bits per heavy atom. The maximum atomic E-state index is 13.2. The van der Waals surface area contributed by atoms with E-state index in [0.717, 1.165) is 5.56 Å². The molecule has 3 rings (SSSR count). The van der Waals surface area contributed by atoms with E-state index in [1.165, 1.54) is 18.2 Å². The van der Waals surface area contributed by atoms with Crippen LogP contribution in [0.15, 0.2) is 84.9 Å². The molecule has 1 unspecified atom stereocenters. The van der Waals surface area contributed by atoms with E-state index in [4.69, 9.17) is 0 Å². The van der Waals surface area contributed by atoms with Crippen molar-refractivity contribution in [3.8, 4) is 0 Å². The summed E-state index contributed by atoms with van der Waals surface area (Å²) in [4.78, 5) is 24.2. The van der Waals surface area contributed by atoms with Crippen molar-refractivity contribution in [2.45, 2.75) is 13.0 Å². The van der Waals surface area contributed by atoms with Crippen molar-refractivity contribution >= 4 is 29.4 Å². The first-order valence-electron chi connectivity index (χ1n) is 9.47. The molecule has 0 fully saturated rings. The lowest BCUT2D eigenvalue weighted by Crippen LogP contribution is -2.24. The van der Waals surface area contributed by atoms with E-state index in [9.17, 15) is 14.0 Å². The molecule has 6 heteroatoms. The van der Waals surface area contributed by atoms with Gasteiger partial charge in [-0.1, -0.05) is 42.5 Å².